The largest absolute Gasteiger partial charge is 0.329 e. The molecule has 2 aliphatic rings. The molecule has 2 heteroatoms. The molecule has 0 amide bonds. The molecule has 0 aliphatic heterocycles. The van der Waals surface area contributed by atoms with Gasteiger partial charge in [0.2, 0.25) is 0 Å². The van der Waals surface area contributed by atoms with Gasteiger partial charge in [0.15, 0.2) is 0 Å². The number of nitrogens with one attached hydrogen (secondary N) is 1. The van der Waals surface area contributed by atoms with Crippen molar-refractivity contribution in [3.05, 3.63) is 0 Å². The van der Waals surface area contributed by atoms with Crippen molar-refractivity contribution in [3.63, 3.8) is 0 Å². The van der Waals surface area contributed by atoms with E-state index in [2.05, 4.69) is 12.2 Å². The van der Waals surface area contributed by atoms with Crippen molar-refractivity contribution in [1.82, 2.24) is 5.32 Å². The number of hydrogen-bond acceptors (Lipinski definition) is 2. The molecule has 124 valence electrons. The topological polar surface area (TPSA) is 38.0 Å². The minimum Gasteiger partial charge on any atom is -0.329 e. The van der Waals surface area contributed by atoms with Crippen molar-refractivity contribution in [1.29, 1.82) is 0 Å². The van der Waals surface area contributed by atoms with Crippen LogP contribution in [0.15, 0.2) is 0 Å². The minimum atomic E-state index is 0.244. The lowest BCUT2D eigenvalue weighted by Gasteiger charge is -2.37. The van der Waals surface area contributed by atoms with Crippen LogP contribution in [0.1, 0.15) is 96.8 Å². The summed E-state index contributed by atoms with van der Waals surface area (Å²) in [6.45, 7) is 3.23. The molecule has 0 aromatic carbocycles. The summed E-state index contributed by atoms with van der Waals surface area (Å²) in [5.41, 5.74) is 6.51. The van der Waals surface area contributed by atoms with Gasteiger partial charge in [0.25, 0.3) is 0 Å². The average Bonchev–Trinajstić information content (AvgIpc) is 2.87. The predicted molar refractivity (Wildman–Crippen MR) is 92.5 cm³/mol. The summed E-state index contributed by atoms with van der Waals surface area (Å²) < 4.78 is 0. The van der Waals surface area contributed by atoms with E-state index < -0.39 is 0 Å². The van der Waals surface area contributed by atoms with Crippen molar-refractivity contribution >= 4 is 0 Å². The molecule has 2 aliphatic carbocycles. The lowest BCUT2D eigenvalue weighted by molar-refractivity contribution is 0.236. The molecule has 0 spiro atoms. The van der Waals surface area contributed by atoms with Gasteiger partial charge in [-0.1, -0.05) is 64.7 Å². The van der Waals surface area contributed by atoms with Crippen LogP contribution in [-0.2, 0) is 0 Å². The van der Waals surface area contributed by atoms with Crippen molar-refractivity contribution < 1.29 is 0 Å². The van der Waals surface area contributed by atoms with Gasteiger partial charge in [-0.25, -0.2) is 0 Å². The highest BCUT2D eigenvalue weighted by Crippen LogP contribution is 2.30. The molecule has 0 radical (unpaired) electrons. The molecule has 3 N–H and O–H groups in total. The lowest BCUT2D eigenvalue weighted by atomic mass is 9.84. The smallest absolute Gasteiger partial charge is 0.0306 e. The second-order valence-electron chi connectivity index (χ2n) is 7.93. The molecule has 0 bridgehead atoms. The molecule has 2 fully saturated rings. The molecule has 2 atom stereocenters. The second kappa shape index (κ2) is 9.15. The number of nitrogens with two attached hydrogens (primary N) is 1. The molecule has 0 heterocycles. The van der Waals surface area contributed by atoms with Crippen molar-refractivity contribution in [2.75, 3.05) is 6.54 Å². The van der Waals surface area contributed by atoms with Gasteiger partial charge in [-0.3, -0.25) is 0 Å². The molecule has 0 aromatic rings. The van der Waals surface area contributed by atoms with Crippen LogP contribution in [0, 0.1) is 5.92 Å². The Bertz CT molecular complexity index is 265. The monoisotopic (exact) mass is 294 g/mol. The standard InChI is InChI=1S/C19H38N2/c1-17-11-12-18(15-17)21-19(16-20)13-9-7-5-3-2-4-6-8-10-14-19/h17-18,21H,2-16,20H2,1H3. The summed E-state index contributed by atoms with van der Waals surface area (Å²) in [5.74, 6) is 0.906. The summed E-state index contributed by atoms with van der Waals surface area (Å²) in [4.78, 5) is 0. The summed E-state index contributed by atoms with van der Waals surface area (Å²) in [6.07, 6.45) is 19.5. The lowest BCUT2D eigenvalue weighted by Crippen LogP contribution is -2.54. The molecule has 2 saturated carbocycles. The van der Waals surface area contributed by atoms with Crippen molar-refractivity contribution in [3.8, 4) is 0 Å². The minimum absolute atomic E-state index is 0.244. The third kappa shape index (κ3) is 5.90. The van der Waals surface area contributed by atoms with Gasteiger partial charge in [0.05, 0.1) is 0 Å². The van der Waals surface area contributed by atoms with Gasteiger partial charge in [-0.2, -0.15) is 0 Å². The Labute approximate surface area is 132 Å². The number of rotatable bonds is 3. The van der Waals surface area contributed by atoms with Crippen LogP contribution in [0.25, 0.3) is 0 Å². The third-order valence-electron chi connectivity index (χ3n) is 5.91. The van der Waals surface area contributed by atoms with Gasteiger partial charge >= 0.3 is 0 Å². The van der Waals surface area contributed by atoms with Crippen LogP contribution in [0.2, 0.25) is 0 Å². The zero-order valence-corrected chi connectivity index (χ0v) is 14.3. The third-order valence-corrected chi connectivity index (χ3v) is 5.91. The Morgan fingerprint density at radius 3 is 1.81 bits per heavy atom. The SMILES string of the molecule is CC1CCC(NC2(CN)CCCCCCCCCCC2)C1. The Kier molecular flexibility index (Phi) is 7.53. The van der Waals surface area contributed by atoms with Gasteiger partial charge in [0.1, 0.15) is 0 Å². The summed E-state index contributed by atoms with van der Waals surface area (Å²) >= 11 is 0. The van der Waals surface area contributed by atoms with Crippen LogP contribution in [0.4, 0.5) is 0 Å². The van der Waals surface area contributed by atoms with E-state index >= 15 is 0 Å². The first-order valence-corrected chi connectivity index (χ1v) is 9.72. The Morgan fingerprint density at radius 1 is 0.857 bits per heavy atom. The first-order chi connectivity index (χ1) is 10.2. The van der Waals surface area contributed by atoms with Gasteiger partial charge in [-0.15, -0.1) is 0 Å². The fraction of sp³-hybridized carbons (Fsp3) is 1.00. The van der Waals surface area contributed by atoms with Gasteiger partial charge < -0.3 is 11.1 Å². The molecular formula is C19H38N2. The van der Waals surface area contributed by atoms with Crippen LogP contribution < -0.4 is 11.1 Å². The molecule has 0 saturated heterocycles. The second-order valence-corrected chi connectivity index (χ2v) is 7.93. The van der Waals surface area contributed by atoms with Crippen LogP contribution >= 0.6 is 0 Å². The maximum atomic E-state index is 6.27. The van der Waals surface area contributed by atoms with E-state index in [1.165, 1.54) is 89.9 Å². The summed E-state index contributed by atoms with van der Waals surface area (Å²) in [5, 5.41) is 4.04. The normalized spacial score (nSPS) is 32.3. The molecule has 2 rings (SSSR count). The van der Waals surface area contributed by atoms with Crippen LogP contribution in [0.5, 0.6) is 0 Å². The van der Waals surface area contributed by atoms with Gasteiger partial charge in [-0.05, 0) is 38.0 Å². The van der Waals surface area contributed by atoms with E-state index in [0.717, 1.165) is 18.5 Å². The molecular weight excluding hydrogens is 256 g/mol. The zero-order valence-electron chi connectivity index (χ0n) is 14.3. The average molecular weight is 295 g/mol. The van der Waals surface area contributed by atoms with Crippen LogP contribution in [-0.4, -0.2) is 18.1 Å². The quantitative estimate of drug-likeness (QED) is 0.787. The fourth-order valence-electron chi connectivity index (χ4n) is 4.47. The first-order valence-electron chi connectivity index (χ1n) is 9.72. The highest BCUT2D eigenvalue weighted by Gasteiger charge is 2.32. The summed E-state index contributed by atoms with van der Waals surface area (Å²) in [6, 6.07) is 0.733. The molecule has 2 unspecified atom stereocenters. The van der Waals surface area contributed by atoms with Crippen molar-refractivity contribution in [2.24, 2.45) is 11.7 Å². The highest BCUT2D eigenvalue weighted by molar-refractivity contribution is 4.94. The predicted octanol–water partition coefficient (Wildman–Crippen LogP) is 4.77. The van der Waals surface area contributed by atoms with E-state index in [1.54, 1.807) is 0 Å². The van der Waals surface area contributed by atoms with Crippen molar-refractivity contribution in [2.45, 2.75) is 108 Å². The molecule has 0 aromatic heterocycles. The van der Waals surface area contributed by atoms with Gasteiger partial charge in [0, 0.05) is 18.1 Å². The first kappa shape index (κ1) is 17.3. The molecule has 2 nitrogen and oxygen atoms in total. The Hall–Kier alpha value is -0.0800. The fourth-order valence-corrected chi connectivity index (χ4v) is 4.47. The zero-order chi connectivity index (χ0) is 15.0. The maximum absolute atomic E-state index is 6.27. The number of hydrogen-bond donors (Lipinski definition) is 2. The highest BCUT2D eigenvalue weighted by atomic mass is 15.0. The van der Waals surface area contributed by atoms with E-state index in [9.17, 15) is 0 Å². The van der Waals surface area contributed by atoms with E-state index in [-0.39, 0.29) is 5.54 Å². The molecule has 21 heavy (non-hydrogen) atoms. The van der Waals surface area contributed by atoms with E-state index in [0.29, 0.717) is 0 Å². The Balaban J connectivity index is 1.90. The van der Waals surface area contributed by atoms with E-state index in [4.69, 9.17) is 5.73 Å². The van der Waals surface area contributed by atoms with E-state index in [1.807, 2.05) is 0 Å². The van der Waals surface area contributed by atoms with Crippen LogP contribution in [0.3, 0.4) is 0 Å². The summed E-state index contributed by atoms with van der Waals surface area (Å²) in [7, 11) is 0. The Morgan fingerprint density at radius 2 is 1.38 bits per heavy atom. The maximum Gasteiger partial charge on any atom is 0.0306 e.